The maximum absolute atomic E-state index is 10.9. The van der Waals surface area contributed by atoms with Crippen molar-refractivity contribution in [2.45, 2.75) is 46.8 Å². The molecule has 0 radical (unpaired) electrons. The van der Waals surface area contributed by atoms with Crippen molar-refractivity contribution in [3.05, 3.63) is 0 Å². The van der Waals surface area contributed by atoms with Crippen LogP contribution in [0.3, 0.4) is 0 Å². The van der Waals surface area contributed by atoms with Gasteiger partial charge in [0.15, 0.2) is 6.29 Å². The molecule has 0 saturated carbocycles. The van der Waals surface area contributed by atoms with Gasteiger partial charge < -0.3 is 9.84 Å². The quantitative estimate of drug-likeness (QED) is 0.494. The zero-order valence-corrected chi connectivity index (χ0v) is 12.9. The highest BCUT2D eigenvalue weighted by atomic mass is 32.2. The summed E-state index contributed by atoms with van der Waals surface area (Å²) in [6.07, 6.45) is 1.67. The summed E-state index contributed by atoms with van der Waals surface area (Å²) in [7, 11) is -3.13. The fraction of sp³-hybridized carbons (Fsp3) is 1.00. The third-order valence-electron chi connectivity index (χ3n) is 2.62. The Morgan fingerprint density at radius 1 is 1.33 bits per heavy atom. The molecule has 0 aromatic heterocycles. The summed E-state index contributed by atoms with van der Waals surface area (Å²) < 4.78 is 29.6. The van der Waals surface area contributed by atoms with Gasteiger partial charge >= 0.3 is 0 Å². The van der Waals surface area contributed by atoms with E-state index in [1.165, 1.54) is 0 Å². The average molecular weight is 281 g/mol. The summed E-state index contributed by atoms with van der Waals surface area (Å²) in [6.45, 7) is 8.79. The largest absolute Gasteiger partial charge is 0.368 e. The molecular weight excluding hydrogens is 254 g/mol. The number of rotatable bonds is 9. The first-order chi connectivity index (χ1) is 8.04. The Bertz CT molecular complexity index is 325. The second-order valence-electron chi connectivity index (χ2n) is 5.84. The van der Waals surface area contributed by atoms with Crippen molar-refractivity contribution >= 4 is 10.0 Å². The van der Waals surface area contributed by atoms with E-state index in [0.29, 0.717) is 31.9 Å². The molecule has 2 N–H and O–H groups in total. The van der Waals surface area contributed by atoms with Gasteiger partial charge in [-0.25, -0.2) is 13.1 Å². The van der Waals surface area contributed by atoms with E-state index < -0.39 is 16.3 Å². The molecule has 0 fully saturated rings. The third kappa shape index (κ3) is 8.85. The Kier molecular flexibility index (Phi) is 7.36. The highest BCUT2D eigenvalue weighted by Crippen LogP contribution is 2.27. The summed E-state index contributed by atoms with van der Waals surface area (Å²) >= 11 is 0. The minimum atomic E-state index is -3.13. The Morgan fingerprint density at radius 2 is 1.89 bits per heavy atom. The average Bonchev–Trinajstić information content (AvgIpc) is 2.19. The molecule has 0 rings (SSSR count). The van der Waals surface area contributed by atoms with Crippen LogP contribution in [0.15, 0.2) is 0 Å². The molecule has 0 spiro atoms. The highest BCUT2D eigenvalue weighted by Gasteiger charge is 2.28. The molecule has 1 atom stereocenters. The first kappa shape index (κ1) is 17.8. The van der Waals surface area contributed by atoms with Gasteiger partial charge in [-0.2, -0.15) is 0 Å². The predicted molar refractivity (Wildman–Crippen MR) is 72.7 cm³/mol. The van der Waals surface area contributed by atoms with Gasteiger partial charge in [0, 0.05) is 12.0 Å². The van der Waals surface area contributed by atoms with Gasteiger partial charge in [0.25, 0.3) is 0 Å². The number of ether oxygens (including phenoxy) is 1. The van der Waals surface area contributed by atoms with Crippen molar-refractivity contribution in [3.63, 3.8) is 0 Å². The Morgan fingerprint density at radius 3 is 2.33 bits per heavy atom. The molecule has 1 unspecified atom stereocenters. The molecule has 0 aliphatic carbocycles. The van der Waals surface area contributed by atoms with E-state index in [9.17, 15) is 13.5 Å². The number of sulfonamides is 1. The Hall–Kier alpha value is -0.170. The van der Waals surface area contributed by atoms with Crippen LogP contribution >= 0.6 is 0 Å². The van der Waals surface area contributed by atoms with E-state index in [-0.39, 0.29) is 5.41 Å². The molecule has 0 aromatic carbocycles. The zero-order valence-electron chi connectivity index (χ0n) is 12.1. The van der Waals surface area contributed by atoms with Crippen molar-refractivity contribution in [2.75, 3.05) is 19.4 Å². The fourth-order valence-electron chi connectivity index (χ4n) is 1.43. The minimum absolute atomic E-state index is 0.377. The highest BCUT2D eigenvalue weighted by molar-refractivity contribution is 7.88. The molecule has 5 nitrogen and oxygen atoms in total. The summed E-state index contributed by atoms with van der Waals surface area (Å²) in [5, 5.41) is 9.92. The van der Waals surface area contributed by atoms with Crippen LogP contribution in [0, 0.1) is 11.3 Å². The van der Waals surface area contributed by atoms with E-state index in [2.05, 4.69) is 4.72 Å². The van der Waals surface area contributed by atoms with Crippen LogP contribution < -0.4 is 4.72 Å². The van der Waals surface area contributed by atoms with Gasteiger partial charge in [-0.05, 0) is 18.8 Å². The fourth-order valence-corrected chi connectivity index (χ4v) is 1.95. The van der Waals surface area contributed by atoms with E-state index in [4.69, 9.17) is 4.74 Å². The monoisotopic (exact) mass is 281 g/mol. The van der Waals surface area contributed by atoms with Crippen molar-refractivity contribution in [3.8, 4) is 0 Å². The summed E-state index contributed by atoms with van der Waals surface area (Å²) in [6, 6.07) is 0. The first-order valence-corrected chi connectivity index (χ1v) is 8.18. The van der Waals surface area contributed by atoms with Crippen molar-refractivity contribution in [1.82, 2.24) is 4.72 Å². The van der Waals surface area contributed by atoms with Crippen molar-refractivity contribution in [1.29, 1.82) is 0 Å². The summed E-state index contributed by atoms with van der Waals surface area (Å²) in [5.41, 5.74) is -0.381. The van der Waals surface area contributed by atoms with Gasteiger partial charge in [0.05, 0.1) is 12.9 Å². The van der Waals surface area contributed by atoms with Crippen LogP contribution in [-0.2, 0) is 14.8 Å². The molecule has 0 aromatic rings. The molecule has 18 heavy (non-hydrogen) atoms. The first-order valence-electron chi connectivity index (χ1n) is 6.29. The van der Waals surface area contributed by atoms with E-state index in [1.54, 1.807) is 0 Å². The Balaban J connectivity index is 3.98. The lowest BCUT2D eigenvalue weighted by atomic mass is 9.87. The predicted octanol–water partition coefficient (Wildman–Crippen LogP) is 1.33. The molecule has 110 valence electrons. The lowest BCUT2D eigenvalue weighted by Crippen LogP contribution is -2.34. The molecule has 0 aliphatic heterocycles. The van der Waals surface area contributed by atoms with Crippen LogP contribution in [0.25, 0.3) is 0 Å². The van der Waals surface area contributed by atoms with Crippen molar-refractivity contribution in [2.24, 2.45) is 11.3 Å². The second kappa shape index (κ2) is 7.43. The standard InChI is InChI=1S/C12H27NO4S/c1-10(2)9-17-11(14)12(3,4)7-6-8-13-18(5,15)16/h10-11,13-14H,6-9H2,1-5H3. The number of aliphatic hydroxyl groups is 1. The third-order valence-corrected chi connectivity index (χ3v) is 3.35. The van der Waals surface area contributed by atoms with E-state index in [0.717, 1.165) is 6.26 Å². The smallest absolute Gasteiger partial charge is 0.208 e. The minimum Gasteiger partial charge on any atom is -0.368 e. The number of nitrogens with one attached hydrogen (secondary N) is 1. The van der Waals surface area contributed by atoms with E-state index in [1.807, 2.05) is 27.7 Å². The van der Waals surface area contributed by atoms with Gasteiger partial charge in [-0.15, -0.1) is 0 Å². The maximum atomic E-state index is 10.9. The zero-order chi connectivity index (χ0) is 14.4. The summed E-state index contributed by atoms with van der Waals surface area (Å²) in [4.78, 5) is 0. The van der Waals surface area contributed by atoms with Crippen LogP contribution in [0.5, 0.6) is 0 Å². The number of hydrogen-bond donors (Lipinski definition) is 2. The SMILES string of the molecule is CC(C)COC(O)C(C)(C)CCCNS(C)(=O)=O. The van der Waals surface area contributed by atoms with Gasteiger partial charge in [0.1, 0.15) is 0 Å². The molecular formula is C12H27NO4S. The van der Waals surface area contributed by atoms with Gasteiger partial charge in [-0.3, -0.25) is 0 Å². The molecule has 6 heteroatoms. The van der Waals surface area contributed by atoms with Crippen LogP contribution in [-0.4, -0.2) is 39.2 Å². The second-order valence-corrected chi connectivity index (χ2v) is 7.67. The number of hydrogen-bond acceptors (Lipinski definition) is 4. The molecule has 0 bridgehead atoms. The topological polar surface area (TPSA) is 75.6 Å². The van der Waals surface area contributed by atoms with Gasteiger partial charge in [0.2, 0.25) is 10.0 Å². The molecule has 0 heterocycles. The lowest BCUT2D eigenvalue weighted by Gasteiger charge is -2.30. The molecule has 0 saturated heterocycles. The molecule has 0 amide bonds. The van der Waals surface area contributed by atoms with Crippen LogP contribution in [0.4, 0.5) is 0 Å². The Labute approximate surface area is 111 Å². The van der Waals surface area contributed by atoms with Crippen LogP contribution in [0.1, 0.15) is 40.5 Å². The summed E-state index contributed by atoms with van der Waals surface area (Å²) in [5.74, 6) is 0.377. The molecule has 0 aliphatic rings. The normalized spacial score (nSPS) is 15.1. The lowest BCUT2D eigenvalue weighted by molar-refractivity contribution is -0.172. The van der Waals surface area contributed by atoms with Crippen LogP contribution in [0.2, 0.25) is 0 Å². The van der Waals surface area contributed by atoms with Gasteiger partial charge in [-0.1, -0.05) is 27.7 Å². The number of aliphatic hydroxyl groups excluding tert-OH is 1. The maximum Gasteiger partial charge on any atom is 0.208 e. The van der Waals surface area contributed by atoms with E-state index >= 15 is 0 Å². The van der Waals surface area contributed by atoms with Crippen molar-refractivity contribution < 1.29 is 18.3 Å².